The van der Waals surface area contributed by atoms with Crippen molar-refractivity contribution in [1.82, 2.24) is 24.5 Å². The lowest BCUT2D eigenvalue weighted by molar-refractivity contribution is 0.669. The zero-order chi connectivity index (χ0) is 29.5. The highest BCUT2D eigenvalue weighted by Gasteiger charge is 2.21. The predicted molar refractivity (Wildman–Crippen MR) is 183 cm³/mol. The molecule has 0 aliphatic heterocycles. The second-order valence-electron chi connectivity index (χ2n) is 11.1. The Bertz CT molecular complexity index is 2610. The van der Waals surface area contributed by atoms with Crippen molar-refractivity contribution in [3.8, 4) is 28.7 Å². The Kier molecular flexibility index (Phi) is 5.06. The van der Waals surface area contributed by atoms with Crippen LogP contribution in [-0.4, -0.2) is 24.5 Å². The first kappa shape index (κ1) is 24.5. The summed E-state index contributed by atoms with van der Waals surface area (Å²) >= 11 is 1.77. The van der Waals surface area contributed by atoms with E-state index in [0.717, 1.165) is 59.6 Å². The Morgan fingerprint density at radius 2 is 1.18 bits per heavy atom. The van der Waals surface area contributed by atoms with Crippen LogP contribution in [0.5, 0.6) is 0 Å². The number of pyridine rings is 1. The van der Waals surface area contributed by atoms with E-state index < -0.39 is 0 Å². The van der Waals surface area contributed by atoms with Crippen LogP contribution in [0.2, 0.25) is 0 Å². The van der Waals surface area contributed by atoms with Crippen molar-refractivity contribution >= 4 is 75.3 Å². The number of aromatic nitrogens is 5. The third-order valence-corrected chi connectivity index (χ3v) is 9.81. The summed E-state index contributed by atoms with van der Waals surface area (Å²) in [6, 6.07) is 39.7. The molecule has 0 radical (unpaired) electrons. The van der Waals surface area contributed by atoms with Gasteiger partial charge in [0.2, 0.25) is 5.95 Å². The molecule has 0 aliphatic carbocycles. The maximum atomic E-state index is 6.42. The average Bonchev–Trinajstić information content (AvgIpc) is 3.77. The highest BCUT2D eigenvalue weighted by molar-refractivity contribution is 7.26. The van der Waals surface area contributed by atoms with Gasteiger partial charge in [0.1, 0.15) is 11.2 Å². The minimum Gasteiger partial charge on any atom is -0.455 e. The zero-order valence-electron chi connectivity index (χ0n) is 23.7. The fourth-order valence-electron chi connectivity index (χ4n) is 6.59. The normalized spacial score (nSPS) is 12.0. The molecule has 0 aliphatic rings. The molecule has 45 heavy (non-hydrogen) atoms. The van der Waals surface area contributed by atoms with E-state index >= 15 is 0 Å². The maximum absolute atomic E-state index is 6.42. The summed E-state index contributed by atoms with van der Waals surface area (Å²) in [6.07, 6.45) is 3.59. The van der Waals surface area contributed by atoms with Gasteiger partial charge < -0.3 is 4.42 Å². The summed E-state index contributed by atoms with van der Waals surface area (Å²) in [7, 11) is 0. The number of fused-ring (bicyclic) bond motifs is 9. The molecular weight excluding hydrogens is 575 g/mol. The van der Waals surface area contributed by atoms with Gasteiger partial charge >= 0.3 is 0 Å². The highest BCUT2D eigenvalue weighted by atomic mass is 32.1. The summed E-state index contributed by atoms with van der Waals surface area (Å²) in [5.41, 5.74) is 5.35. The van der Waals surface area contributed by atoms with Crippen molar-refractivity contribution < 1.29 is 4.42 Å². The Hall–Kier alpha value is -5.92. The van der Waals surface area contributed by atoms with Gasteiger partial charge in [0.15, 0.2) is 11.6 Å². The second-order valence-corrected chi connectivity index (χ2v) is 12.1. The molecule has 0 saturated carbocycles. The molecule has 10 aromatic rings. The average molecular weight is 596 g/mol. The Labute approximate surface area is 259 Å². The largest absolute Gasteiger partial charge is 0.455 e. The van der Waals surface area contributed by atoms with Crippen molar-refractivity contribution in [2.75, 3.05) is 0 Å². The zero-order valence-corrected chi connectivity index (χ0v) is 24.5. The van der Waals surface area contributed by atoms with Gasteiger partial charge in [-0.25, -0.2) is 4.98 Å². The van der Waals surface area contributed by atoms with Gasteiger partial charge in [-0.15, -0.1) is 11.3 Å². The van der Waals surface area contributed by atoms with Gasteiger partial charge in [0, 0.05) is 59.7 Å². The van der Waals surface area contributed by atoms with Gasteiger partial charge in [0.25, 0.3) is 0 Å². The second kappa shape index (κ2) is 9.29. The molecule has 0 atom stereocenters. The molecule has 7 heteroatoms. The van der Waals surface area contributed by atoms with E-state index in [0.29, 0.717) is 17.6 Å². The number of thiophene rings is 1. The van der Waals surface area contributed by atoms with Gasteiger partial charge in [-0.3, -0.25) is 9.55 Å². The monoisotopic (exact) mass is 595 g/mol. The predicted octanol–water partition coefficient (Wildman–Crippen LogP) is 9.96. The Balaban J connectivity index is 1.32. The van der Waals surface area contributed by atoms with E-state index in [1.54, 1.807) is 17.5 Å². The van der Waals surface area contributed by atoms with Crippen LogP contribution in [0.25, 0.3) is 92.6 Å². The Morgan fingerprint density at radius 1 is 0.533 bits per heavy atom. The third-order valence-electron chi connectivity index (χ3n) is 8.59. The topological polar surface area (TPSA) is 69.6 Å². The SMILES string of the molecule is c1ccc2c(c1)sc1c(-c3nc(-c4cccc5c4oc4ccncc45)nc(-n4c5ccccc5c5ccccc54)n3)cccc12. The number of hydrogen-bond acceptors (Lipinski definition) is 6. The lowest BCUT2D eigenvalue weighted by Gasteiger charge is -2.11. The van der Waals surface area contributed by atoms with Gasteiger partial charge in [-0.2, -0.15) is 9.97 Å². The molecule has 210 valence electrons. The molecule has 0 bridgehead atoms. The number of benzene rings is 5. The van der Waals surface area contributed by atoms with Crippen LogP contribution >= 0.6 is 11.3 Å². The van der Waals surface area contributed by atoms with Crippen molar-refractivity contribution in [3.05, 3.63) is 128 Å². The minimum atomic E-state index is 0.549. The molecule has 0 spiro atoms. The summed E-state index contributed by atoms with van der Waals surface area (Å²) < 4.78 is 10.9. The van der Waals surface area contributed by atoms with Gasteiger partial charge in [-0.05, 0) is 36.4 Å². The van der Waals surface area contributed by atoms with Crippen LogP contribution < -0.4 is 0 Å². The van der Waals surface area contributed by atoms with Crippen molar-refractivity contribution in [2.24, 2.45) is 0 Å². The molecule has 0 N–H and O–H groups in total. The maximum Gasteiger partial charge on any atom is 0.238 e. The van der Waals surface area contributed by atoms with Crippen LogP contribution in [0.4, 0.5) is 0 Å². The molecule has 10 rings (SSSR count). The fourth-order valence-corrected chi connectivity index (χ4v) is 7.80. The van der Waals surface area contributed by atoms with Crippen LogP contribution in [0.3, 0.4) is 0 Å². The lowest BCUT2D eigenvalue weighted by Crippen LogP contribution is -2.06. The first-order valence-corrected chi connectivity index (χ1v) is 15.5. The van der Waals surface area contributed by atoms with E-state index in [-0.39, 0.29) is 0 Å². The molecule has 0 saturated heterocycles. The van der Waals surface area contributed by atoms with E-state index in [2.05, 4.69) is 107 Å². The van der Waals surface area contributed by atoms with E-state index in [9.17, 15) is 0 Å². The number of rotatable bonds is 3. The summed E-state index contributed by atoms with van der Waals surface area (Å²) in [5.74, 6) is 1.72. The van der Waals surface area contributed by atoms with Gasteiger partial charge in [0.05, 0.1) is 16.6 Å². The smallest absolute Gasteiger partial charge is 0.238 e. The fraction of sp³-hybridized carbons (Fsp3) is 0. The van der Waals surface area contributed by atoms with E-state index in [1.807, 2.05) is 24.4 Å². The van der Waals surface area contributed by atoms with Crippen LogP contribution in [0.1, 0.15) is 0 Å². The van der Waals surface area contributed by atoms with Crippen LogP contribution in [-0.2, 0) is 0 Å². The number of nitrogens with zero attached hydrogens (tertiary/aromatic N) is 5. The minimum absolute atomic E-state index is 0.549. The van der Waals surface area contributed by atoms with Crippen molar-refractivity contribution in [3.63, 3.8) is 0 Å². The number of hydrogen-bond donors (Lipinski definition) is 0. The Morgan fingerprint density at radius 3 is 1.98 bits per heavy atom. The molecule has 5 aromatic heterocycles. The molecule has 5 heterocycles. The molecule has 5 aromatic carbocycles. The lowest BCUT2D eigenvalue weighted by atomic mass is 10.1. The summed E-state index contributed by atoms with van der Waals surface area (Å²) in [6.45, 7) is 0. The quantitative estimate of drug-likeness (QED) is 0.203. The summed E-state index contributed by atoms with van der Waals surface area (Å²) in [5, 5.41) is 6.66. The molecule has 0 amide bonds. The van der Waals surface area contributed by atoms with E-state index in [4.69, 9.17) is 19.4 Å². The van der Waals surface area contributed by atoms with E-state index in [1.165, 1.54) is 15.5 Å². The number of furan rings is 1. The molecule has 0 fully saturated rings. The molecular formula is C38H21N5OS. The standard InChI is InChI=1S/C38H21N5OS/c1-4-16-30-22(9-1)23-10-2-5-17-31(23)43(30)38-41-36(27-14-7-12-25-29-21-39-20-19-32(29)44-34(25)27)40-37(42-38)28-15-8-13-26-24-11-3-6-18-33(24)45-35(26)28/h1-21H. The molecule has 0 unspecified atom stereocenters. The van der Waals surface area contributed by atoms with Crippen LogP contribution in [0, 0.1) is 0 Å². The third kappa shape index (κ3) is 3.56. The summed E-state index contributed by atoms with van der Waals surface area (Å²) in [4.78, 5) is 19.9. The van der Waals surface area contributed by atoms with Gasteiger partial charge in [-0.1, -0.05) is 78.9 Å². The van der Waals surface area contributed by atoms with Crippen LogP contribution in [0.15, 0.2) is 132 Å². The van der Waals surface area contributed by atoms with Crippen molar-refractivity contribution in [1.29, 1.82) is 0 Å². The first-order valence-electron chi connectivity index (χ1n) is 14.7. The number of para-hydroxylation sites is 3. The van der Waals surface area contributed by atoms with Crippen molar-refractivity contribution in [2.45, 2.75) is 0 Å². The highest BCUT2D eigenvalue weighted by Crippen LogP contribution is 2.41. The first-order chi connectivity index (χ1) is 22.3. The molecule has 6 nitrogen and oxygen atoms in total.